The molecular formula is C12H20N2OS. The minimum atomic E-state index is 0.411. The largest absolute Gasteiger partial charge is 0.375 e. The van der Waals surface area contributed by atoms with E-state index in [1.165, 1.54) is 30.6 Å². The Kier molecular flexibility index (Phi) is 3.82. The highest BCUT2D eigenvalue weighted by Gasteiger charge is 2.24. The standard InChI is InChI=1S/C12H20N2OS/c1-8-3-4-11(5-9(8)2)15-6-10-7-16-12(13)14-10/h7-9,11H,3-6H2,1-2H3,(H2,13,14). The lowest BCUT2D eigenvalue weighted by atomic mass is 9.80. The maximum Gasteiger partial charge on any atom is 0.180 e. The maximum absolute atomic E-state index is 5.89. The Balaban J connectivity index is 1.78. The molecule has 0 saturated heterocycles. The van der Waals surface area contributed by atoms with E-state index in [2.05, 4.69) is 18.8 Å². The number of nitrogens with two attached hydrogens (primary N) is 1. The molecule has 1 aromatic heterocycles. The first-order chi connectivity index (χ1) is 7.65. The van der Waals surface area contributed by atoms with E-state index in [4.69, 9.17) is 10.5 Å². The molecule has 1 fully saturated rings. The van der Waals surface area contributed by atoms with Crippen LogP contribution in [0.1, 0.15) is 38.8 Å². The van der Waals surface area contributed by atoms with Gasteiger partial charge in [0.15, 0.2) is 5.13 Å². The van der Waals surface area contributed by atoms with E-state index in [1.54, 1.807) is 0 Å². The molecule has 0 radical (unpaired) electrons. The van der Waals surface area contributed by atoms with Crippen LogP contribution in [0.15, 0.2) is 5.38 Å². The second kappa shape index (κ2) is 5.15. The lowest BCUT2D eigenvalue weighted by Gasteiger charge is -2.31. The lowest BCUT2D eigenvalue weighted by molar-refractivity contribution is -0.00854. The van der Waals surface area contributed by atoms with Crippen molar-refractivity contribution < 1.29 is 4.74 Å². The van der Waals surface area contributed by atoms with Crippen molar-refractivity contribution in [2.75, 3.05) is 5.73 Å². The van der Waals surface area contributed by atoms with E-state index in [0.717, 1.165) is 17.5 Å². The molecular weight excluding hydrogens is 220 g/mol. The summed E-state index contributed by atoms with van der Waals surface area (Å²) in [5, 5.41) is 2.61. The van der Waals surface area contributed by atoms with Gasteiger partial charge in [0, 0.05) is 5.38 Å². The van der Waals surface area contributed by atoms with Gasteiger partial charge >= 0.3 is 0 Å². The van der Waals surface area contributed by atoms with Gasteiger partial charge < -0.3 is 10.5 Å². The fourth-order valence-corrected chi connectivity index (χ4v) is 2.79. The molecule has 2 N–H and O–H groups in total. The summed E-state index contributed by atoms with van der Waals surface area (Å²) in [6.07, 6.45) is 4.06. The molecule has 3 nitrogen and oxygen atoms in total. The number of ether oxygens (including phenoxy) is 1. The second-order valence-electron chi connectivity index (χ2n) is 4.88. The van der Waals surface area contributed by atoms with E-state index in [1.807, 2.05) is 5.38 Å². The third-order valence-electron chi connectivity index (χ3n) is 3.59. The molecule has 1 aliphatic rings. The van der Waals surface area contributed by atoms with Gasteiger partial charge in [-0.25, -0.2) is 4.98 Å². The van der Waals surface area contributed by atoms with Gasteiger partial charge in [-0.3, -0.25) is 0 Å². The van der Waals surface area contributed by atoms with E-state index < -0.39 is 0 Å². The SMILES string of the molecule is CC1CCC(OCc2csc(N)n2)CC1C. The zero-order valence-electron chi connectivity index (χ0n) is 9.98. The Labute approximate surface area is 101 Å². The lowest BCUT2D eigenvalue weighted by Crippen LogP contribution is -2.26. The summed E-state index contributed by atoms with van der Waals surface area (Å²) in [7, 11) is 0. The predicted molar refractivity (Wildman–Crippen MR) is 67.3 cm³/mol. The van der Waals surface area contributed by atoms with Crippen LogP contribution in [-0.2, 0) is 11.3 Å². The van der Waals surface area contributed by atoms with Crippen LogP contribution in [0.3, 0.4) is 0 Å². The fraction of sp³-hybridized carbons (Fsp3) is 0.750. The Bertz CT molecular complexity index is 340. The first-order valence-electron chi connectivity index (χ1n) is 5.96. The van der Waals surface area contributed by atoms with Crippen molar-refractivity contribution in [1.82, 2.24) is 4.98 Å². The van der Waals surface area contributed by atoms with E-state index in [-0.39, 0.29) is 0 Å². The van der Waals surface area contributed by atoms with Gasteiger partial charge in [0.1, 0.15) is 0 Å². The Morgan fingerprint density at radius 3 is 2.88 bits per heavy atom. The van der Waals surface area contributed by atoms with Gasteiger partial charge in [0.05, 0.1) is 18.4 Å². The van der Waals surface area contributed by atoms with Crippen molar-refractivity contribution in [1.29, 1.82) is 0 Å². The third kappa shape index (κ3) is 2.95. The Morgan fingerprint density at radius 1 is 1.44 bits per heavy atom. The number of anilines is 1. The summed E-state index contributed by atoms with van der Waals surface area (Å²) in [5.74, 6) is 1.62. The molecule has 1 saturated carbocycles. The smallest absolute Gasteiger partial charge is 0.180 e. The summed E-state index contributed by atoms with van der Waals surface area (Å²) in [4.78, 5) is 4.20. The molecule has 4 heteroatoms. The molecule has 0 bridgehead atoms. The summed E-state index contributed by atoms with van der Waals surface area (Å²) in [6, 6.07) is 0. The Morgan fingerprint density at radius 2 is 2.25 bits per heavy atom. The van der Waals surface area contributed by atoms with Crippen LogP contribution in [0.5, 0.6) is 0 Å². The monoisotopic (exact) mass is 240 g/mol. The van der Waals surface area contributed by atoms with Gasteiger partial charge in [-0.05, 0) is 31.1 Å². The van der Waals surface area contributed by atoms with Gasteiger partial charge in [0.2, 0.25) is 0 Å². The van der Waals surface area contributed by atoms with Crippen LogP contribution in [0.25, 0.3) is 0 Å². The van der Waals surface area contributed by atoms with Crippen molar-refractivity contribution in [2.24, 2.45) is 11.8 Å². The highest BCUT2D eigenvalue weighted by molar-refractivity contribution is 7.13. The molecule has 0 spiro atoms. The molecule has 2 rings (SSSR count). The first kappa shape index (κ1) is 11.9. The van der Waals surface area contributed by atoms with Crippen LogP contribution in [0.2, 0.25) is 0 Å². The highest BCUT2D eigenvalue weighted by atomic mass is 32.1. The van der Waals surface area contributed by atoms with Crippen LogP contribution < -0.4 is 5.73 Å². The third-order valence-corrected chi connectivity index (χ3v) is 4.31. The molecule has 90 valence electrons. The van der Waals surface area contributed by atoms with Crippen molar-refractivity contribution in [2.45, 2.75) is 45.8 Å². The number of hydrogen-bond donors (Lipinski definition) is 1. The molecule has 3 atom stereocenters. The molecule has 0 aliphatic heterocycles. The van der Waals surface area contributed by atoms with Gasteiger partial charge in [-0.1, -0.05) is 13.8 Å². The molecule has 0 aromatic carbocycles. The number of hydrogen-bond acceptors (Lipinski definition) is 4. The molecule has 1 aromatic rings. The average molecular weight is 240 g/mol. The minimum Gasteiger partial charge on any atom is -0.375 e. The summed E-state index contributed by atoms with van der Waals surface area (Å²) in [6.45, 7) is 5.27. The number of rotatable bonds is 3. The van der Waals surface area contributed by atoms with Crippen molar-refractivity contribution in [3.8, 4) is 0 Å². The van der Waals surface area contributed by atoms with Gasteiger partial charge in [-0.15, -0.1) is 11.3 Å². The van der Waals surface area contributed by atoms with E-state index >= 15 is 0 Å². The van der Waals surface area contributed by atoms with Crippen molar-refractivity contribution in [3.05, 3.63) is 11.1 Å². The number of nitrogens with zero attached hydrogens (tertiary/aromatic N) is 1. The molecule has 0 amide bonds. The summed E-state index contributed by atoms with van der Waals surface area (Å²) < 4.78 is 5.89. The van der Waals surface area contributed by atoms with Gasteiger partial charge in [-0.2, -0.15) is 0 Å². The number of nitrogen functional groups attached to an aromatic ring is 1. The van der Waals surface area contributed by atoms with E-state index in [0.29, 0.717) is 17.8 Å². The van der Waals surface area contributed by atoms with Gasteiger partial charge in [0.25, 0.3) is 0 Å². The first-order valence-corrected chi connectivity index (χ1v) is 6.84. The zero-order chi connectivity index (χ0) is 11.5. The maximum atomic E-state index is 5.89. The minimum absolute atomic E-state index is 0.411. The van der Waals surface area contributed by atoms with E-state index in [9.17, 15) is 0 Å². The number of thiazole rings is 1. The normalized spacial score (nSPS) is 30.5. The summed E-state index contributed by atoms with van der Waals surface area (Å²) in [5.41, 5.74) is 6.55. The summed E-state index contributed by atoms with van der Waals surface area (Å²) >= 11 is 1.48. The zero-order valence-corrected chi connectivity index (χ0v) is 10.8. The predicted octanol–water partition coefficient (Wildman–Crippen LogP) is 3.07. The van der Waals surface area contributed by atoms with Crippen molar-refractivity contribution >= 4 is 16.5 Å². The molecule has 1 aliphatic carbocycles. The Hall–Kier alpha value is -0.610. The quantitative estimate of drug-likeness (QED) is 0.883. The molecule has 1 heterocycles. The van der Waals surface area contributed by atoms with Crippen LogP contribution in [0, 0.1) is 11.8 Å². The van der Waals surface area contributed by atoms with Crippen LogP contribution >= 0.6 is 11.3 Å². The van der Waals surface area contributed by atoms with Crippen LogP contribution in [0.4, 0.5) is 5.13 Å². The second-order valence-corrected chi connectivity index (χ2v) is 5.77. The fourth-order valence-electron chi connectivity index (χ4n) is 2.24. The topological polar surface area (TPSA) is 48.1 Å². The van der Waals surface area contributed by atoms with Crippen molar-refractivity contribution in [3.63, 3.8) is 0 Å². The number of aromatic nitrogens is 1. The average Bonchev–Trinajstić information content (AvgIpc) is 2.66. The van der Waals surface area contributed by atoms with Crippen LogP contribution in [-0.4, -0.2) is 11.1 Å². The molecule has 3 unspecified atom stereocenters. The molecule has 16 heavy (non-hydrogen) atoms. The highest BCUT2D eigenvalue weighted by Crippen LogP contribution is 2.31.